The van der Waals surface area contributed by atoms with Crippen LogP contribution in [0.15, 0.2) is 0 Å². The van der Waals surface area contributed by atoms with Crippen molar-refractivity contribution in [1.82, 2.24) is 18.5 Å². The van der Waals surface area contributed by atoms with Crippen molar-refractivity contribution >= 4 is 0 Å². The first kappa shape index (κ1) is 406. The van der Waals surface area contributed by atoms with E-state index in [1.54, 1.807) is 0 Å². The van der Waals surface area contributed by atoms with Gasteiger partial charge in [0.2, 0.25) is 0 Å². The predicted molar refractivity (Wildman–Crippen MR) is 18.7 cm³/mol. The maximum absolute atomic E-state index is 0. The molecule has 0 aromatic rings. The van der Waals surface area contributed by atoms with Crippen molar-refractivity contribution in [1.29, 1.82) is 0 Å². The van der Waals surface area contributed by atoms with E-state index in [9.17, 15) is 0 Å². The van der Waals surface area contributed by atoms with Gasteiger partial charge in [0.25, 0.3) is 0 Å². The fourth-order valence-corrected chi connectivity index (χ4v) is 0. The van der Waals surface area contributed by atoms with Gasteiger partial charge in [0.15, 0.2) is 0 Å². The number of hydrogen-bond donors (Lipinski definition) is 3. The Morgan fingerprint density at radius 3 is 0.600 bits per heavy atom. The summed E-state index contributed by atoms with van der Waals surface area (Å²) < 4.78 is 0. The predicted octanol–water partition coefficient (Wildman–Crippen LogP) is -0.341. The molecule has 0 amide bonds. The Morgan fingerprint density at radius 2 is 0.600 bits per heavy atom. The average Bonchev–Trinajstić information content (AvgIpc) is 0. The summed E-state index contributed by atoms with van der Waals surface area (Å²) in [5.74, 6) is 0. The first-order valence-corrected chi connectivity index (χ1v) is 0. The van der Waals surface area contributed by atoms with Gasteiger partial charge in [0.1, 0.15) is 0 Å². The first-order valence-electron chi connectivity index (χ1n) is 0. The van der Waals surface area contributed by atoms with Crippen molar-refractivity contribution < 1.29 is 26.5 Å². The van der Waals surface area contributed by atoms with E-state index in [1.165, 1.54) is 0 Å². The maximum atomic E-state index is 0. The molecule has 4 nitrogen and oxygen atoms in total. The summed E-state index contributed by atoms with van der Waals surface area (Å²) in [4.78, 5) is 0. The van der Waals surface area contributed by atoms with Crippen LogP contribution in [0.1, 0.15) is 0 Å². The van der Waals surface area contributed by atoms with E-state index in [2.05, 4.69) is 0 Å². The largest absolute Gasteiger partial charge is 0.412 e. The summed E-state index contributed by atoms with van der Waals surface area (Å²) in [7, 11) is 0. The van der Waals surface area contributed by atoms with Crippen LogP contribution in [-0.4, -0.2) is 5.48 Å². The van der Waals surface area contributed by atoms with E-state index in [0.29, 0.717) is 0 Å². The third-order valence-electron chi connectivity index (χ3n) is 0. The summed E-state index contributed by atoms with van der Waals surface area (Å²) in [6.45, 7) is 0. The topological polar surface area (TPSA) is 136 Å². The molecule has 5 heteroatoms. The van der Waals surface area contributed by atoms with Crippen LogP contribution in [0.3, 0.4) is 0 Å². The van der Waals surface area contributed by atoms with Crippen molar-refractivity contribution in [3.63, 3.8) is 0 Å². The standard InChI is InChI=1S/3H3N.H2O.Pt/h3*1H3;1H2;. The molecule has 0 fully saturated rings. The minimum atomic E-state index is 0. The third-order valence-corrected chi connectivity index (χ3v) is 0. The quantitative estimate of drug-likeness (QED) is 0.551. The third kappa shape index (κ3) is 104. The van der Waals surface area contributed by atoms with Crippen LogP contribution in [-0.2, 0) is 21.1 Å². The molecule has 11 N–H and O–H groups in total. The summed E-state index contributed by atoms with van der Waals surface area (Å²) in [6, 6.07) is 0. The van der Waals surface area contributed by atoms with E-state index in [0.717, 1.165) is 0 Å². The molecule has 0 atom stereocenters. The van der Waals surface area contributed by atoms with Gasteiger partial charge < -0.3 is 23.9 Å². The fraction of sp³-hybridized carbons (Fsp3) is 0. The van der Waals surface area contributed by atoms with Gasteiger partial charge in [0, 0.05) is 21.1 Å². The second kappa shape index (κ2) is 202. The van der Waals surface area contributed by atoms with E-state index < -0.39 is 0 Å². The summed E-state index contributed by atoms with van der Waals surface area (Å²) in [5.41, 5.74) is 0. The normalized spacial score (nSPS) is 0. The molecule has 0 aliphatic rings. The molecular weight excluding hydrogens is 253 g/mol. The van der Waals surface area contributed by atoms with Gasteiger partial charge in [-0.1, -0.05) is 0 Å². The van der Waals surface area contributed by atoms with Crippen LogP contribution in [0.5, 0.6) is 0 Å². The van der Waals surface area contributed by atoms with Crippen LogP contribution < -0.4 is 18.5 Å². The van der Waals surface area contributed by atoms with Gasteiger partial charge in [-0.15, -0.1) is 0 Å². The first-order chi connectivity index (χ1) is 0. The van der Waals surface area contributed by atoms with Gasteiger partial charge in [-0.2, -0.15) is 0 Å². The molecule has 0 bridgehead atoms. The van der Waals surface area contributed by atoms with Crippen molar-refractivity contribution in [2.75, 3.05) is 0 Å². The van der Waals surface area contributed by atoms with Gasteiger partial charge >= 0.3 is 0 Å². The Labute approximate surface area is 45.6 Å². The Morgan fingerprint density at radius 1 is 0.600 bits per heavy atom. The van der Waals surface area contributed by atoms with Gasteiger partial charge in [-0.25, -0.2) is 0 Å². The molecule has 0 unspecified atom stereocenters. The van der Waals surface area contributed by atoms with Crippen molar-refractivity contribution in [3.05, 3.63) is 0 Å². The Balaban J connectivity index is 0. The Bertz CT molecular complexity index is 6.85. The average molecular weight is 264 g/mol. The molecule has 0 rings (SSSR count). The zero-order valence-corrected chi connectivity index (χ0v) is 5.21. The molecule has 5 heavy (non-hydrogen) atoms. The van der Waals surface area contributed by atoms with Crippen LogP contribution >= 0.6 is 0 Å². The minimum Gasteiger partial charge on any atom is -0.412 e. The summed E-state index contributed by atoms with van der Waals surface area (Å²) in [5, 5.41) is 0. The summed E-state index contributed by atoms with van der Waals surface area (Å²) in [6.07, 6.45) is 0. The van der Waals surface area contributed by atoms with Crippen molar-refractivity contribution in [2.45, 2.75) is 0 Å². The second-order valence-corrected chi connectivity index (χ2v) is 0. The minimum absolute atomic E-state index is 0. The molecule has 0 heterocycles. The molecule has 0 aromatic heterocycles. The van der Waals surface area contributed by atoms with Crippen LogP contribution in [0.4, 0.5) is 0 Å². The molecular formula is H11N3OPt. The monoisotopic (exact) mass is 264 g/mol. The second-order valence-electron chi connectivity index (χ2n) is 0. The summed E-state index contributed by atoms with van der Waals surface area (Å²) >= 11 is 0. The number of rotatable bonds is 0. The van der Waals surface area contributed by atoms with Crippen LogP contribution in [0.2, 0.25) is 0 Å². The van der Waals surface area contributed by atoms with E-state index in [-0.39, 0.29) is 45.0 Å². The molecule has 0 aliphatic heterocycles. The molecule has 42 valence electrons. The van der Waals surface area contributed by atoms with Crippen LogP contribution in [0.25, 0.3) is 0 Å². The SMILES string of the molecule is N.N.N.O.[Pt]. The molecule has 0 saturated carbocycles. The zero-order valence-electron chi connectivity index (χ0n) is 2.94. The number of hydrogen-bond acceptors (Lipinski definition) is 3. The molecule has 0 aliphatic carbocycles. The van der Waals surface area contributed by atoms with E-state index in [4.69, 9.17) is 0 Å². The molecule has 0 spiro atoms. The fourth-order valence-electron chi connectivity index (χ4n) is 0. The van der Waals surface area contributed by atoms with E-state index in [1.807, 2.05) is 0 Å². The zero-order chi connectivity index (χ0) is 0. The van der Waals surface area contributed by atoms with Crippen LogP contribution in [0, 0.1) is 0 Å². The van der Waals surface area contributed by atoms with E-state index >= 15 is 0 Å². The molecule has 0 aromatic carbocycles. The molecule has 0 saturated heterocycles. The Kier molecular flexibility index (Phi) is 16400. The molecule has 0 radical (unpaired) electrons. The van der Waals surface area contributed by atoms with Gasteiger partial charge in [-0.3, -0.25) is 0 Å². The maximum Gasteiger partial charge on any atom is 0 e. The Hall–Kier alpha value is 0.528. The van der Waals surface area contributed by atoms with Crippen molar-refractivity contribution in [3.8, 4) is 0 Å². The van der Waals surface area contributed by atoms with Gasteiger partial charge in [0.05, 0.1) is 0 Å². The van der Waals surface area contributed by atoms with Gasteiger partial charge in [-0.05, 0) is 0 Å². The van der Waals surface area contributed by atoms with Crippen molar-refractivity contribution in [2.24, 2.45) is 0 Å². The smallest absolute Gasteiger partial charge is 0 e.